The van der Waals surface area contributed by atoms with Crippen LogP contribution in [0.1, 0.15) is 18.4 Å². The van der Waals surface area contributed by atoms with Crippen LogP contribution in [0.25, 0.3) is 10.6 Å². The van der Waals surface area contributed by atoms with Gasteiger partial charge in [0.25, 0.3) is 5.56 Å². The molecule has 0 amide bonds. The van der Waals surface area contributed by atoms with Crippen molar-refractivity contribution in [1.82, 2.24) is 4.57 Å². The fourth-order valence-electron chi connectivity index (χ4n) is 2.60. The highest BCUT2D eigenvalue weighted by Gasteiger charge is 2.20. The molecule has 3 N–H and O–H groups in total. The van der Waals surface area contributed by atoms with Gasteiger partial charge in [0, 0.05) is 6.61 Å². The van der Waals surface area contributed by atoms with Crippen molar-refractivity contribution < 1.29 is 4.74 Å². The maximum Gasteiger partial charge on any atom is 0.262 e. The first kappa shape index (κ1) is 14.0. The molecule has 1 aliphatic rings. The van der Waals surface area contributed by atoms with Gasteiger partial charge in [-0.3, -0.25) is 10.2 Å². The molecule has 110 valence electrons. The van der Waals surface area contributed by atoms with E-state index in [2.05, 4.69) is 0 Å². The molecular weight excluding hydrogens is 286 g/mol. The van der Waals surface area contributed by atoms with E-state index in [1.165, 1.54) is 0 Å². The fourth-order valence-corrected chi connectivity index (χ4v) is 3.36. The third kappa shape index (κ3) is 2.77. The number of thiophene rings is 1. The van der Waals surface area contributed by atoms with Crippen LogP contribution in [0, 0.1) is 5.41 Å². The molecule has 5 nitrogen and oxygen atoms in total. The second kappa shape index (κ2) is 5.83. The van der Waals surface area contributed by atoms with Gasteiger partial charge in [0.2, 0.25) is 0 Å². The lowest BCUT2D eigenvalue weighted by Crippen LogP contribution is -2.33. The Labute approximate surface area is 126 Å². The SMILES string of the molecule is N=C(N)c1ccc(-c2cccs2)n(CC2CCCO2)c1=O. The van der Waals surface area contributed by atoms with Crippen molar-refractivity contribution in [2.45, 2.75) is 25.5 Å². The van der Waals surface area contributed by atoms with Gasteiger partial charge >= 0.3 is 0 Å². The van der Waals surface area contributed by atoms with Gasteiger partial charge in [-0.1, -0.05) is 6.07 Å². The summed E-state index contributed by atoms with van der Waals surface area (Å²) >= 11 is 1.59. The Bertz CT molecular complexity index is 700. The lowest BCUT2D eigenvalue weighted by atomic mass is 10.1. The standard InChI is InChI=1S/C15H17N3O2S/c16-14(17)11-5-6-12(13-4-2-8-21-13)18(15(11)19)9-10-3-1-7-20-10/h2,4-6,8,10H,1,3,7,9H2,(H3,16,17). The van der Waals surface area contributed by atoms with E-state index in [1.807, 2.05) is 23.6 Å². The predicted octanol–water partition coefficient (Wildman–Crippen LogP) is 2.04. The Morgan fingerprint density at radius 1 is 1.48 bits per heavy atom. The molecule has 0 aliphatic carbocycles. The summed E-state index contributed by atoms with van der Waals surface area (Å²) in [4.78, 5) is 13.6. The smallest absolute Gasteiger partial charge is 0.262 e. The molecule has 0 aromatic carbocycles. The van der Waals surface area contributed by atoms with Gasteiger partial charge in [-0.2, -0.15) is 0 Å². The molecule has 3 heterocycles. The van der Waals surface area contributed by atoms with Gasteiger partial charge in [0.05, 0.1) is 28.8 Å². The number of nitrogens with one attached hydrogen (secondary N) is 1. The molecule has 1 fully saturated rings. The number of hydrogen-bond acceptors (Lipinski definition) is 4. The van der Waals surface area contributed by atoms with Crippen LogP contribution in [-0.4, -0.2) is 23.1 Å². The highest BCUT2D eigenvalue weighted by molar-refractivity contribution is 7.13. The number of amidine groups is 1. The van der Waals surface area contributed by atoms with Gasteiger partial charge in [-0.15, -0.1) is 11.3 Å². The van der Waals surface area contributed by atoms with Crippen LogP contribution in [0.15, 0.2) is 34.4 Å². The minimum atomic E-state index is -0.219. The summed E-state index contributed by atoms with van der Waals surface area (Å²) in [6.45, 7) is 1.26. The molecule has 1 unspecified atom stereocenters. The topological polar surface area (TPSA) is 81.1 Å². The minimum absolute atomic E-state index is 0.0589. The van der Waals surface area contributed by atoms with Crippen molar-refractivity contribution in [3.63, 3.8) is 0 Å². The van der Waals surface area contributed by atoms with E-state index in [0.717, 1.165) is 30.0 Å². The summed E-state index contributed by atoms with van der Waals surface area (Å²) in [6, 6.07) is 7.43. The number of aromatic nitrogens is 1. The summed E-state index contributed by atoms with van der Waals surface area (Å²) in [6.07, 6.45) is 2.05. The van der Waals surface area contributed by atoms with E-state index in [9.17, 15) is 4.79 Å². The van der Waals surface area contributed by atoms with Crippen LogP contribution in [0.4, 0.5) is 0 Å². The normalized spacial score (nSPS) is 18.0. The summed E-state index contributed by atoms with van der Waals surface area (Å²) in [5.74, 6) is -0.196. The number of pyridine rings is 1. The van der Waals surface area contributed by atoms with Gasteiger partial charge in [0.15, 0.2) is 0 Å². The van der Waals surface area contributed by atoms with Crippen molar-refractivity contribution in [2.24, 2.45) is 5.73 Å². The third-order valence-corrected chi connectivity index (χ3v) is 4.54. The summed E-state index contributed by atoms with van der Waals surface area (Å²) in [5.41, 5.74) is 6.38. The van der Waals surface area contributed by atoms with Crippen LogP contribution in [0.2, 0.25) is 0 Å². The van der Waals surface area contributed by atoms with Crippen molar-refractivity contribution >= 4 is 17.2 Å². The molecule has 21 heavy (non-hydrogen) atoms. The monoisotopic (exact) mass is 303 g/mol. The van der Waals surface area contributed by atoms with E-state index >= 15 is 0 Å². The van der Waals surface area contributed by atoms with Crippen molar-refractivity contribution in [2.75, 3.05) is 6.61 Å². The molecule has 1 aliphatic heterocycles. The van der Waals surface area contributed by atoms with E-state index in [4.69, 9.17) is 15.9 Å². The van der Waals surface area contributed by atoms with Crippen LogP contribution < -0.4 is 11.3 Å². The van der Waals surface area contributed by atoms with Crippen LogP contribution in [0.3, 0.4) is 0 Å². The van der Waals surface area contributed by atoms with Gasteiger partial charge in [-0.05, 0) is 36.4 Å². The highest BCUT2D eigenvalue weighted by atomic mass is 32.1. The Morgan fingerprint density at radius 3 is 2.95 bits per heavy atom. The average Bonchev–Trinajstić information content (AvgIpc) is 3.13. The molecule has 1 saturated heterocycles. The van der Waals surface area contributed by atoms with Gasteiger partial charge < -0.3 is 15.0 Å². The maximum absolute atomic E-state index is 12.6. The second-order valence-corrected chi connectivity index (χ2v) is 6.02. The molecule has 1 atom stereocenters. The largest absolute Gasteiger partial charge is 0.384 e. The van der Waals surface area contributed by atoms with Crippen LogP contribution in [-0.2, 0) is 11.3 Å². The zero-order chi connectivity index (χ0) is 14.8. The molecule has 2 aromatic heterocycles. The first-order valence-electron chi connectivity index (χ1n) is 6.90. The lowest BCUT2D eigenvalue weighted by Gasteiger charge is -2.17. The summed E-state index contributed by atoms with van der Waals surface area (Å²) < 4.78 is 7.34. The second-order valence-electron chi connectivity index (χ2n) is 5.07. The van der Waals surface area contributed by atoms with E-state index in [0.29, 0.717) is 6.54 Å². The fraction of sp³-hybridized carbons (Fsp3) is 0.333. The first-order chi connectivity index (χ1) is 10.2. The highest BCUT2D eigenvalue weighted by Crippen LogP contribution is 2.25. The Balaban J connectivity index is 2.09. The molecular formula is C15H17N3O2S. The van der Waals surface area contributed by atoms with Crippen LogP contribution >= 0.6 is 11.3 Å². The zero-order valence-corrected chi connectivity index (χ0v) is 12.4. The summed E-state index contributed by atoms with van der Waals surface area (Å²) in [7, 11) is 0. The Hall–Kier alpha value is -1.92. The van der Waals surface area contributed by atoms with Crippen molar-refractivity contribution in [3.8, 4) is 10.6 Å². The molecule has 0 saturated carbocycles. The number of rotatable bonds is 4. The number of nitrogens with zero attached hydrogens (tertiary/aromatic N) is 1. The number of hydrogen-bond donors (Lipinski definition) is 2. The molecule has 0 radical (unpaired) electrons. The first-order valence-corrected chi connectivity index (χ1v) is 7.78. The maximum atomic E-state index is 12.6. The molecule has 3 rings (SSSR count). The molecule has 6 heteroatoms. The van der Waals surface area contributed by atoms with Gasteiger partial charge in [0.1, 0.15) is 5.84 Å². The van der Waals surface area contributed by atoms with E-state index in [-0.39, 0.29) is 23.1 Å². The van der Waals surface area contributed by atoms with Crippen molar-refractivity contribution in [1.29, 1.82) is 5.41 Å². The molecule has 0 spiro atoms. The van der Waals surface area contributed by atoms with E-state index in [1.54, 1.807) is 22.0 Å². The number of ether oxygens (including phenoxy) is 1. The number of nitrogens with two attached hydrogens (primary N) is 1. The van der Waals surface area contributed by atoms with Crippen molar-refractivity contribution in [3.05, 3.63) is 45.6 Å². The summed E-state index contributed by atoms with van der Waals surface area (Å²) in [5, 5.41) is 9.52. The quantitative estimate of drug-likeness (QED) is 0.670. The third-order valence-electron chi connectivity index (χ3n) is 3.65. The van der Waals surface area contributed by atoms with Gasteiger partial charge in [-0.25, -0.2) is 0 Å². The molecule has 0 bridgehead atoms. The number of nitrogen functional groups attached to an aromatic ring is 1. The van der Waals surface area contributed by atoms with E-state index < -0.39 is 0 Å². The Morgan fingerprint density at radius 2 is 2.33 bits per heavy atom. The average molecular weight is 303 g/mol. The lowest BCUT2D eigenvalue weighted by molar-refractivity contribution is 0.0965. The minimum Gasteiger partial charge on any atom is -0.384 e. The Kier molecular flexibility index (Phi) is 3.90. The predicted molar refractivity (Wildman–Crippen MR) is 84.0 cm³/mol. The van der Waals surface area contributed by atoms with Crippen LogP contribution in [0.5, 0.6) is 0 Å². The molecule has 2 aromatic rings. The zero-order valence-electron chi connectivity index (χ0n) is 11.5.